The van der Waals surface area contributed by atoms with Crippen molar-refractivity contribution >= 4 is 44.4 Å². The van der Waals surface area contributed by atoms with Crippen molar-refractivity contribution in [3.63, 3.8) is 0 Å². The van der Waals surface area contributed by atoms with Crippen LogP contribution in [0.25, 0.3) is 10.9 Å². The molecule has 1 amide bonds. The molecule has 1 N–H and O–H groups in total. The van der Waals surface area contributed by atoms with E-state index >= 15 is 0 Å². The smallest absolute Gasteiger partial charge is 0.338 e. The number of esters is 1. The largest absolute Gasteiger partial charge is 0.459 e. The minimum atomic E-state index is -0.422. The summed E-state index contributed by atoms with van der Waals surface area (Å²) in [4.78, 5) is 29.0. The van der Waals surface area contributed by atoms with Crippen molar-refractivity contribution in [2.75, 3.05) is 5.32 Å². The number of pyridine rings is 1. The number of fused-ring (bicyclic) bond motifs is 1. The fourth-order valence-electron chi connectivity index (χ4n) is 2.49. The fraction of sp³-hybridized carbons (Fsp3) is 0.211. The minimum absolute atomic E-state index is 0.176. The second-order valence-electron chi connectivity index (χ2n) is 6.06. The van der Waals surface area contributed by atoms with Gasteiger partial charge < -0.3 is 14.5 Å². The number of ether oxygens (including phenoxy) is 1. The molecule has 3 aromatic rings. The summed E-state index contributed by atoms with van der Waals surface area (Å²) in [7, 11) is 0. The minimum Gasteiger partial charge on any atom is -0.459 e. The summed E-state index contributed by atoms with van der Waals surface area (Å²) in [6.45, 7) is 5.41. The number of nitrogens with zero attached hydrogens (tertiary/aromatic N) is 1. The van der Waals surface area contributed by atoms with Crippen molar-refractivity contribution in [1.29, 1.82) is 0 Å². The SMILES string of the molecule is Cc1cc(NC(=O)c2ccc(Br)o2)c2cc(C(=O)OC(C)C)ccc2n1. The molecule has 1 aromatic carbocycles. The molecule has 0 aliphatic rings. The lowest BCUT2D eigenvalue weighted by Crippen LogP contribution is -2.13. The topological polar surface area (TPSA) is 81.4 Å². The first-order valence-corrected chi connectivity index (χ1v) is 8.82. The average Bonchev–Trinajstić information content (AvgIpc) is 3.00. The number of amides is 1. The number of aryl methyl sites for hydroxylation is 1. The van der Waals surface area contributed by atoms with Crippen LogP contribution in [0, 0.1) is 6.92 Å². The maximum Gasteiger partial charge on any atom is 0.338 e. The third-order valence-corrected chi connectivity index (χ3v) is 3.99. The molecule has 0 aliphatic carbocycles. The van der Waals surface area contributed by atoms with Gasteiger partial charge in [0.25, 0.3) is 5.91 Å². The Labute approximate surface area is 158 Å². The van der Waals surface area contributed by atoms with Gasteiger partial charge in [0.05, 0.1) is 22.9 Å². The van der Waals surface area contributed by atoms with Crippen LogP contribution >= 0.6 is 15.9 Å². The molecule has 2 aromatic heterocycles. The molecule has 0 spiro atoms. The average molecular weight is 417 g/mol. The molecule has 0 unspecified atom stereocenters. The quantitative estimate of drug-likeness (QED) is 0.622. The van der Waals surface area contributed by atoms with Gasteiger partial charge in [-0.2, -0.15) is 0 Å². The maximum atomic E-state index is 12.4. The number of aromatic nitrogens is 1. The summed E-state index contributed by atoms with van der Waals surface area (Å²) >= 11 is 3.17. The number of hydrogen-bond acceptors (Lipinski definition) is 5. The highest BCUT2D eigenvalue weighted by atomic mass is 79.9. The fourth-order valence-corrected chi connectivity index (χ4v) is 2.80. The van der Waals surface area contributed by atoms with E-state index in [1.807, 2.05) is 6.92 Å². The van der Waals surface area contributed by atoms with Crippen molar-refractivity contribution in [3.8, 4) is 0 Å². The third kappa shape index (κ3) is 3.94. The molecule has 0 aliphatic heterocycles. The number of carbonyl (C=O) groups excluding carboxylic acids is 2. The Bertz CT molecular complexity index is 994. The molecule has 0 bridgehead atoms. The number of furan rings is 1. The molecule has 0 saturated heterocycles. The van der Waals surface area contributed by atoms with E-state index in [2.05, 4.69) is 26.2 Å². The first-order chi connectivity index (χ1) is 12.3. The van der Waals surface area contributed by atoms with E-state index in [0.717, 1.165) is 5.69 Å². The number of rotatable bonds is 4. The summed E-state index contributed by atoms with van der Waals surface area (Å²) < 4.78 is 11.0. The zero-order valence-corrected chi connectivity index (χ0v) is 16.1. The molecule has 2 heterocycles. The van der Waals surface area contributed by atoms with Crippen LogP contribution in [0.2, 0.25) is 0 Å². The first kappa shape index (κ1) is 18.1. The van der Waals surface area contributed by atoms with Crippen LogP contribution in [0.15, 0.2) is 45.5 Å². The summed E-state index contributed by atoms with van der Waals surface area (Å²) in [6, 6.07) is 10.0. The van der Waals surface area contributed by atoms with Crippen LogP contribution < -0.4 is 5.32 Å². The van der Waals surface area contributed by atoms with Crippen molar-refractivity contribution in [2.24, 2.45) is 0 Å². The molecule has 7 heteroatoms. The molecule has 6 nitrogen and oxygen atoms in total. The molecule has 0 fully saturated rings. The second-order valence-corrected chi connectivity index (χ2v) is 6.84. The van der Waals surface area contributed by atoms with E-state index in [9.17, 15) is 9.59 Å². The predicted octanol–water partition coefficient (Wildman–Crippen LogP) is 4.72. The van der Waals surface area contributed by atoms with Gasteiger partial charge in [-0.25, -0.2) is 4.79 Å². The Morgan fingerprint density at radius 2 is 1.96 bits per heavy atom. The number of halogens is 1. The van der Waals surface area contributed by atoms with E-state index < -0.39 is 11.9 Å². The van der Waals surface area contributed by atoms with E-state index in [1.54, 1.807) is 50.2 Å². The van der Waals surface area contributed by atoms with Crippen molar-refractivity contribution in [3.05, 3.63) is 58.1 Å². The van der Waals surface area contributed by atoms with Crippen LogP contribution in [0.4, 0.5) is 5.69 Å². The van der Waals surface area contributed by atoms with Gasteiger partial charge in [0.1, 0.15) is 0 Å². The number of anilines is 1. The van der Waals surface area contributed by atoms with Crippen molar-refractivity contribution in [2.45, 2.75) is 26.9 Å². The molecule has 26 heavy (non-hydrogen) atoms. The third-order valence-electron chi connectivity index (χ3n) is 3.56. The number of nitrogens with one attached hydrogen (secondary N) is 1. The molecule has 0 atom stereocenters. The van der Waals surface area contributed by atoms with E-state index in [-0.39, 0.29) is 11.9 Å². The number of hydrogen-bond donors (Lipinski definition) is 1. The van der Waals surface area contributed by atoms with Gasteiger partial charge >= 0.3 is 5.97 Å². The Hall–Kier alpha value is -2.67. The van der Waals surface area contributed by atoms with Crippen LogP contribution in [-0.4, -0.2) is 23.0 Å². The lowest BCUT2D eigenvalue weighted by Gasteiger charge is -2.11. The van der Waals surface area contributed by atoms with Gasteiger partial charge in [-0.15, -0.1) is 0 Å². The van der Waals surface area contributed by atoms with Gasteiger partial charge in [0, 0.05) is 11.1 Å². The molecule has 3 rings (SSSR count). The molecular formula is C19H17BrN2O4. The van der Waals surface area contributed by atoms with Gasteiger partial charge in [0.2, 0.25) is 0 Å². The Morgan fingerprint density at radius 1 is 1.19 bits per heavy atom. The highest BCUT2D eigenvalue weighted by molar-refractivity contribution is 9.10. The highest BCUT2D eigenvalue weighted by Gasteiger charge is 2.16. The summed E-state index contributed by atoms with van der Waals surface area (Å²) in [5.74, 6) is -0.637. The van der Waals surface area contributed by atoms with Gasteiger partial charge in [-0.3, -0.25) is 9.78 Å². The normalized spacial score (nSPS) is 11.0. The maximum absolute atomic E-state index is 12.4. The first-order valence-electron chi connectivity index (χ1n) is 8.02. The molecular weight excluding hydrogens is 400 g/mol. The number of benzene rings is 1. The lowest BCUT2D eigenvalue weighted by atomic mass is 10.1. The standard InChI is InChI=1S/C19H17BrN2O4/c1-10(2)25-19(24)12-4-5-14-13(9-12)15(8-11(3)21-14)22-18(23)16-6-7-17(20)26-16/h4-10H,1-3H3,(H,21,22,23). The van der Waals surface area contributed by atoms with Crippen LogP contribution in [0.5, 0.6) is 0 Å². The zero-order chi connectivity index (χ0) is 18.8. The van der Waals surface area contributed by atoms with Crippen LogP contribution in [0.3, 0.4) is 0 Å². The predicted molar refractivity (Wildman–Crippen MR) is 101 cm³/mol. The van der Waals surface area contributed by atoms with Crippen LogP contribution in [0.1, 0.15) is 40.5 Å². The zero-order valence-electron chi connectivity index (χ0n) is 14.5. The van der Waals surface area contributed by atoms with Gasteiger partial charge in [-0.1, -0.05) is 0 Å². The van der Waals surface area contributed by atoms with Gasteiger partial charge in [0.15, 0.2) is 10.4 Å². The lowest BCUT2D eigenvalue weighted by molar-refractivity contribution is 0.0378. The molecule has 0 radical (unpaired) electrons. The second kappa shape index (κ2) is 7.29. The monoisotopic (exact) mass is 416 g/mol. The van der Waals surface area contributed by atoms with Crippen molar-refractivity contribution < 1.29 is 18.7 Å². The summed E-state index contributed by atoms with van der Waals surface area (Å²) in [6.07, 6.45) is -0.217. The summed E-state index contributed by atoms with van der Waals surface area (Å²) in [5, 5.41) is 3.46. The summed E-state index contributed by atoms with van der Waals surface area (Å²) in [5.41, 5.74) is 2.35. The highest BCUT2D eigenvalue weighted by Crippen LogP contribution is 2.26. The van der Waals surface area contributed by atoms with Gasteiger partial charge in [-0.05, 0) is 73.1 Å². The Balaban J connectivity index is 2.00. The van der Waals surface area contributed by atoms with Crippen LogP contribution in [-0.2, 0) is 4.74 Å². The van der Waals surface area contributed by atoms with E-state index in [4.69, 9.17) is 9.15 Å². The Kier molecular flexibility index (Phi) is 5.08. The van der Waals surface area contributed by atoms with Crippen molar-refractivity contribution in [1.82, 2.24) is 4.98 Å². The molecule has 134 valence electrons. The Morgan fingerprint density at radius 3 is 2.62 bits per heavy atom. The van der Waals surface area contributed by atoms with E-state index in [1.165, 1.54) is 0 Å². The van der Waals surface area contributed by atoms with E-state index in [0.29, 0.717) is 26.8 Å². The molecule has 0 saturated carbocycles. The number of carbonyl (C=O) groups is 2.